The minimum absolute atomic E-state index is 0.111. The summed E-state index contributed by atoms with van der Waals surface area (Å²) in [6.45, 7) is 4.29. The first-order chi connectivity index (χ1) is 11.0. The summed E-state index contributed by atoms with van der Waals surface area (Å²) < 4.78 is 5.25. The van der Waals surface area contributed by atoms with Crippen LogP contribution in [0.4, 0.5) is 0 Å². The molecule has 0 fully saturated rings. The van der Waals surface area contributed by atoms with Crippen LogP contribution in [0.25, 0.3) is 0 Å². The number of carboxylic acids is 1. The van der Waals surface area contributed by atoms with E-state index in [1.54, 1.807) is 12.1 Å². The number of hydrogen-bond acceptors (Lipinski definition) is 4. The van der Waals surface area contributed by atoms with Crippen LogP contribution in [0.15, 0.2) is 28.8 Å². The third-order valence-electron chi connectivity index (χ3n) is 3.63. The molecule has 0 unspecified atom stereocenters. The molecule has 1 aromatic heterocycles. The van der Waals surface area contributed by atoms with Crippen molar-refractivity contribution in [3.05, 3.63) is 52.4 Å². The van der Waals surface area contributed by atoms with Crippen LogP contribution in [-0.2, 0) is 30.6 Å². The predicted molar refractivity (Wildman–Crippen MR) is 84.2 cm³/mol. The Balaban J connectivity index is 1.95. The summed E-state index contributed by atoms with van der Waals surface area (Å²) in [5.74, 6) is -0.324. The lowest BCUT2D eigenvalue weighted by Gasteiger charge is -2.06. The van der Waals surface area contributed by atoms with E-state index in [0.29, 0.717) is 13.0 Å². The van der Waals surface area contributed by atoms with Crippen LogP contribution in [0.5, 0.6) is 0 Å². The number of hydrogen-bond donors (Lipinski definition) is 2. The monoisotopic (exact) mass is 316 g/mol. The molecular formula is C17H20N2O4. The van der Waals surface area contributed by atoms with Crippen molar-refractivity contribution in [3.63, 3.8) is 0 Å². The molecule has 2 rings (SSSR count). The molecule has 1 aromatic carbocycles. The van der Waals surface area contributed by atoms with Crippen molar-refractivity contribution in [1.29, 1.82) is 0 Å². The van der Waals surface area contributed by atoms with E-state index in [1.807, 2.05) is 13.8 Å². The number of aryl methyl sites for hydroxylation is 2. The summed E-state index contributed by atoms with van der Waals surface area (Å²) in [7, 11) is 0. The van der Waals surface area contributed by atoms with Crippen molar-refractivity contribution < 1.29 is 19.2 Å². The Morgan fingerprint density at radius 2 is 1.87 bits per heavy atom. The fraction of sp³-hybridized carbons (Fsp3) is 0.353. The molecule has 2 aromatic rings. The largest absolute Gasteiger partial charge is 0.478 e. The zero-order chi connectivity index (χ0) is 16.8. The number of carbonyl (C=O) groups excluding carboxylic acids is 1. The van der Waals surface area contributed by atoms with Gasteiger partial charge in [0.15, 0.2) is 0 Å². The first-order valence-corrected chi connectivity index (χ1v) is 7.60. The standard InChI is InChI=1S/C17H20N2O4/c1-3-14-13(15(4-2)23-19-14)9-16(20)18-10-11-5-7-12(8-6-11)17(21)22/h5-8H,3-4,9-10H2,1-2H3,(H,18,20)(H,21,22). The molecule has 1 heterocycles. The average Bonchev–Trinajstić information content (AvgIpc) is 2.95. The molecule has 0 aliphatic heterocycles. The van der Waals surface area contributed by atoms with Gasteiger partial charge in [-0.1, -0.05) is 31.1 Å². The van der Waals surface area contributed by atoms with Crippen molar-refractivity contribution in [3.8, 4) is 0 Å². The van der Waals surface area contributed by atoms with Gasteiger partial charge < -0.3 is 14.9 Å². The molecule has 0 spiro atoms. The highest BCUT2D eigenvalue weighted by atomic mass is 16.5. The van der Waals surface area contributed by atoms with Crippen LogP contribution in [0.1, 0.15) is 46.8 Å². The number of benzene rings is 1. The zero-order valence-electron chi connectivity index (χ0n) is 13.3. The molecule has 1 amide bonds. The van der Waals surface area contributed by atoms with Crippen molar-refractivity contribution in [2.45, 2.75) is 39.7 Å². The number of nitrogens with one attached hydrogen (secondary N) is 1. The van der Waals surface area contributed by atoms with E-state index in [4.69, 9.17) is 9.63 Å². The quantitative estimate of drug-likeness (QED) is 0.818. The number of carboxylic acid groups (broad SMARTS) is 1. The second-order valence-corrected chi connectivity index (χ2v) is 5.19. The molecule has 23 heavy (non-hydrogen) atoms. The van der Waals surface area contributed by atoms with Crippen molar-refractivity contribution >= 4 is 11.9 Å². The Kier molecular flexibility index (Phi) is 5.51. The lowest BCUT2D eigenvalue weighted by Crippen LogP contribution is -2.25. The van der Waals surface area contributed by atoms with E-state index in [-0.39, 0.29) is 17.9 Å². The Morgan fingerprint density at radius 1 is 1.17 bits per heavy atom. The minimum Gasteiger partial charge on any atom is -0.478 e. The van der Waals surface area contributed by atoms with Gasteiger partial charge in [-0.05, 0) is 24.1 Å². The normalized spacial score (nSPS) is 10.5. The minimum atomic E-state index is -0.966. The molecule has 2 N–H and O–H groups in total. The molecular weight excluding hydrogens is 296 g/mol. The van der Waals surface area contributed by atoms with Gasteiger partial charge in [0.05, 0.1) is 17.7 Å². The summed E-state index contributed by atoms with van der Waals surface area (Å²) in [6.07, 6.45) is 1.66. The highest BCUT2D eigenvalue weighted by Crippen LogP contribution is 2.16. The third kappa shape index (κ3) is 4.18. The fourth-order valence-electron chi connectivity index (χ4n) is 2.33. The maximum absolute atomic E-state index is 12.1. The maximum atomic E-state index is 12.1. The summed E-state index contributed by atoms with van der Waals surface area (Å²) in [5, 5.41) is 15.7. The summed E-state index contributed by atoms with van der Waals surface area (Å²) >= 11 is 0. The van der Waals surface area contributed by atoms with Gasteiger partial charge in [-0.15, -0.1) is 0 Å². The van der Waals surface area contributed by atoms with Gasteiger partial charge in [0.2, 0.25) is 5.91 Å². The van der Waals surface area contributed by atoms with Crippen LogP contribution in [0.2, 0.25) is 0 Å². The van der Waals surface area contributed by atoms with E-state index >= 15 is 0 Å². The van der Waals surface area contributed by atoms with Crippen LogP contribution in [-0.4, -0.2) is 22.1 Å². The van der Waals surface area contributed by atoms with Gasteiger partial charge in [0, 0.05) is 18.5 Å². The molecule has 6 nitrogen and oxygen atoms in total. The Hall–Kier alpha value is -2.63. The molecule has 0 saturated carbocycles. The van der Waals surface area contributed by atoms with E-state index in [1.165, 1.54) is 12.1 Å². The zero-order valence-corrected chi connectivity index (χ0v) is 13.3. The number of aromatic carboxylic acids is 1. The summed E-state index contributed by atoms with van der Waals surface area (Å²) in [4.78, 5) is 22.9. The molecule has 0 aliphatic carbocycles. The van der Waals surface area contributed by atoms with E-state index < -0.39 is 5.97 Å². The Morgan fingerprint density at radius 3 is 2.43 bits per heavy atom. The lowest BCUT2D eigenvalue weighted by atomic mass is 10.1. The molecule has 0 atom stereocenters. The average molecular weight is 316 g/mol. The predicted octanol–water partition coefficient (Wildman–Crippen LogP) is 2.36. The van der Waals surface area contributed by atoms with Gasteiger partial charge in [-0.3, -0.25) is 4.79 Å². The maximum Gasteiger partial charge on any atom is 0.335 e. The van der Waals surface area contributed by atoms with Crippen molar-refractivity contribution in [2.24, 2.45) is 0 Å². The highest BCUT2D eigenvalue weighted by molar-refractivity contribution is 5.87. The Labute approximate surface area is 134 Å². The van der Waals surface area contributed by atoms with Crippen LogP contribution in [0.3, 0.4) is 0 Å². The summed E-state index contributed by atoms with van der Waals surface area (Å²) in [6, 6.07) is 6.43. The molecule has 0 saturated heterocycles. The van der Waals surface area contributed by atoms with Gasteiger partial charge in [-0.2, -0.15) is 0 Å². The second kappa shape index (κ2) is 7.58. The number of aromatic nitrogens is 1. The van der Waals surface area contributed by atoms with Crippen LogP contribution in [0, 0.1) is 0 Å². The van der Waals surface area contributed by atoms with Crippen LogP contribution >= 0.6 is 0 Å². The van der Waals surface area contributed by atoms with Crippen molar-refractivity contribution in [1.82, 2.24) is 10.5 Å². The van der Waals surface area contributed by atoms with Crippen LogP contribution < -0.4 is 5.32 Å². The van der Waals surface area contributed by atoms with Gasteiger partial charge >= 0.3 is 5.97 Å². The molecule has 6 heteroatoms. The first-order valence-electron chi connectivity index (χ1n) is 7.60. The van der Waals surface area contributed by atoms with E-state index in [0.717, 1.165) is 29.0 Å². The Bertz CT molecular complexity index is 668. The van der Waals surface area contributed by atoms with Gasteiger partial charge in [0.1, 0.15) is 5.76 Å². The second-order valence-electron chi connectivity index (χ2n) is 5.19. The van der Waals surface area contributed by atoms with Crippen molar-refractivity contribution in [2.75, 3.05) is 0 Å². The molecule has 0 bridgehead atoms. The number of rotatable bonds is 7. The van der Waals surface area contributed by atoms with Gasteiger partial charge in [0.25, 0.3) is 0 Å². The number of amides is 1. The number of nitrogens with zero attached hydrogens (tertiary/aromatic N) is 1. The highest BCUT2D eigenvalue weighted by Gasteiger charge is 2.16. The molecule has 0 radical (unpaired) electrons. The molecule has 122 valence electrons. The number of carbonyl (C=O) groups is 2. The smallest absolute Gasteiger partial charge is 0.335 e. The topological polar surface area (TPSA) is 92.4 Å². The SMILES string of the molecule is CCc1noc(CC)c1CC(=O)NCc1ccc(C(=O)O)cc1. The third-order valence-corrected chi connectivity index (χ3v) is 3.63. The first kappa shape index (κ1) is 16.7. The van der Waals surface area contributed by atoms with E-state index in [9.17, 15) is 9.59 Å². The fourth-order valence-corrected chi connectivity index (χ4v) is 2.33. The lowest BCUT2D eigenvalue weighted by molar-refractivity contribution is -0.120. The van der Waals surface area contributed by atoms with E-state index in [2.05, 4.69) is 10.5 Å². The van der Waals surface area contributed by atoms with Gasteiger partial charge in [-0.25, -0.2) is 4.79 Å². The molecule has 0 aliphatic rings. The summed E-state index contributed by atoms with van der Waals surface area (Å²) in [5.41, 5.74) is 2.77.